The molecule has 0 unspecified atom stereocenters. The van der Waals surface area contributed by atoms with Crippen LogP contribution in [0.3, 0.4) is 0 Å². The van der Waals surface area contributed by atoms with Gasteiger partial charge in [0, 0.05) is 5.02 Å². The van der Waals surface area contributed by atoms with E-state index in [1.807, 2.05) is 48.5 Å². The number of ether oxygens (including phenoxy) is 2. The molecular weight excluding hydrogens is 480 g/mol. The van der Waals surface area contributed by atoms with Crippen molar-refractivity contribution < 1.29 is 23.9 Å². The molecule has 0 aliphatic carbocycles. The largest absolute Gasteiger partial charge is 0.493 e. The lowest BCUT2D eigenvalue weighted by Crippen LogP contribution is -2.37. The molecule has 186 valence electrons. The van der Waals surface area contributed by atoms with Crippen LogP contribution in [0.5, 0.6) is 11.5 Å². The maximum Gasteiger partial charge on any atom is 0.266 e. The molecule has 3 aromatic rings. The molecule has 2 aliphatic heterocycles. The Bertz CT molecular complexity index is 1250. The van der Waals surface area contributed by atoms with Crippen LogP contribution in [0.4, 0.5) is 11.4 Å². The predicted octanol–water partition coefficient (Wildman–Crippen LogP) is 5.58. The lowest BCUT2D eigenvalue weighted by atomic mass is 9.90. The highest BCUT2D eigenvalue weighted by atomic mass is 35.5. The van der Waals surface area contributed by atoms with Gasteiger partial charge >= 0.3 is 0 Å². The lowest BCUT2D eigenvalue weighted by Gasteiger charge is -2.29. The number of rotatable bonds is 8. The van der Waals surface area contributed by atoms with Crippen molar-refractivity contribution in [2.24, 2.45) is 5.92 Å². The van der Waals surface area contributed by atoms with Crippen molar-refractivity contribution >= 4 is 34.8 Å². The van der Waals surface area contributed by atoms with Gasteiger partial charge in [-0.05, 0) is 60.5 Å². The zero-order chi connectivity index (χ0) is 25.2. The number of benzene rings is 3. The second-order valence-electron chi connectivity index (χ2n) is 8.76. The third-order valence-electron chi connectivity index (χ3n) is 6.50. The van der Waals surface area contributed by atoms with E-state index < -0.39 is 24.0 Å². The molecule has 7 nitrogen and oxygen atoms in total. The van der Waals surface area contributed by atoms with Gasteiger partial charge in [0.15, 0.2) is 17.6 Å². The standard InChI is InChI=1S/C28H27ClN2O5/c1-3-4-16-35-22-15-10-18(17-23(22)34-2)25-24-26(36-31(25)21-8-6-5-7-9-21)28(33)30(27(24)32)20-13-11-19(29)12-14-20/h5-15,17,24-26H,3-4,16H2,1-2H3/t24-,25+,26+/m1/s1. The second kappa shape index (κ2) is 10.2. The van der Waals surface area contributed by atoms with Gasteiger partial charge in [0.05, 0.1) is 31.1 Å². The molecular formula is C28H27ClN2O5. The molecule has 36 heavy (non-hydrogen) atoms. The van der Waals surface area contributed by atoms with Crippen LogP contribution in [0.1, 0.15) is 31.4 Å². The summed E-state index contributed by atoms with van der Waals surface area (Å²) in [6.07, 6.45) is 1.00. The quantitative estimate of drug-likeness (QED) is 0.293. The summed E-state index contributed by atoms with van der Waals surface area (Å²) in [7, 11) is 1.58. The van der Waals surface area contributed by atoms with Gasteiger partial charge in [0.2, 0.25) is 5.91 Å². The van der Waals surface area contributed by atoms with Crippen LogP contribution in [0, 0.1) is 5.92 Å². The first-order chi connectivity index (χ1) is 17.5. The van der Waals surface area contributed by atoms with Crippen LogP contribution < -0.4 is 19.4 Å². The molecule has 0 spiro atoms. The highest BCUT2D eigenvalue weighted by Gasteiger charge is 2.60. The molecule has 0 radical (unpaired) electrons. The summed E-state index contributed by atoms with van der Waals surface area (Å²) in [5.74, 6) is -0.274. The van der Waals surface area contributed by atoms with E-state index in [4.69, 9.17) is 25.9 Å². The molecule has 8 heteroatoms. The molecule has 0 bridgehead atoms. The highest BCUT2D eigenvalue weighted by molar-refractivity contribution is 6.31. The van der Waals surface area contributed by atoms with Crippen molar-refractivity contribution in [1.29, 1.82) is 0 Å². The normalized spacial score (nSPS) is 21.1. The molecule has 0 saturated carbocycles. The van der Waals surface area contributed by atoms with Crippen LogP contribution in [0.2, 0.25) is 5.02 Å². The van der Waals surface area contributed by atoms with E-state index in [1.54, 1.807) is 36.4 Å². The molecule has 2 aliphatic rings. The van der Waals surface area contributed by atoms with Gasteiger partial charge in [-0.15, -0.1) is 0 Å². The fraction of sp³-hybridized carbons (Fsp3) is 0.286. The summed E-state index contributed by atoms with van der Waals surface area (Å²) in [5.41, 5.74) is 2.00. The number of methoxy groups -OCH3 is 1. The molecule has 2 saturated heterocycles. The number of fused-ring (bicyclic) bond motifs is 1. The van der Waals surface area contributed by atoms with Crippen LogP contribution in [0.15, 0.2) is 72.8 Å². The average Bonchev–Trinajstić information content (AvgIpc) is 3.41. The van der Waals surface area contributed by atoms with Crippen LogP contribution in [-0.4, -0.2) is 31.6 Å². The number of anilines is 2. The first-order valence-electron chi connectivity index (χ1n) is 12.0. The highest BCUT2D eigenvalue weighted by Crippen LogP contribution is 2.48. The molecule has 2 amide bonds. The first kappa shape index (κ1) is 24.2. The molecule has 0 aromatic heterocycles. The van der Waals surface area contributed by atoms with Crippen molar-refractivity contribution in [3.63, 3.8) is 0 Å². The summed E-state index contributed by atoms with van der Waals surface area (Å²) in [5, 5.41) is 2.19. The SMILES string of the molecule is CCCCOc1ccc([C@H]2[C@H]3C(=O)N(c4ccc(Cl)cc4)C(=O)[C@H]3ON2c2ccccc2)cc1OC. The molecule has 5 rings (SSSR count). The summed E-state index contributed by atoms with van der Waals surface area (Å²) in [6.45, 7) is 2.69. The summed E-state index contributed by atoms with van der Waals surface area (Å²) in [4.78, 5) is 34.6. The van der Waals surface area contributed by atoms with Crippen molar-refractivity contribution in [1.82, 2.24) is 0 Å². The monoisotopic (exact) mass is 506 g/mol. The number of nitrogens with zero attached hydrogens (tertiary/aromatic N) is 2. The number of hydrogen-bond donors (Lipinski definition) is 0. The van der Waals surface area contributed by atoms with E-state index in [2.05, 4.69) is 6.92 Å². The van der Waals surface area contributed by atoms with Crippen molar-refractivity contribution in [2.45, 2.75) is 31.9 Å². The number of carbonyl (C=O) groups excluding carboxylic acids is 2. The van der Waals surface area contributed by atoms with Crippen molar-refractivity contribution in [3.05, 3.63) is 83.4 Å². The van der Waals surface area contributed by atoms with Gasteiger partial charge in [0.1, 0.15) is 5.92 Å². The zero-order valence-corrected chi connectivity index (χ0v) is 20.9. The minimum atomic E-state index is -0.954. The average molecular weight is 507 g/mol. The van der Waals surface area contributed by atoms with Crippen LogP contribution in [-0.2, 0) is 14.4 Å². The molecule has 0 N–H and O–H groups in total. The fourth-order valence-electron chi connectivity index (χ4n) is 4.71. The maximum absolute atomic E-state index is 13.7. The number of para-hydroxylation sites is 1. The van der Waals surface area contributed by atoms with Gasteiger partial charge < -0.3 is 9.47 Å². The zero-order valence-electron chi connectivity index (χ0n) is 20.1. The lowest BCUT2D eigenvalue weighted by molar-refractivity contribution is -0.126. The summed E-state index contributed by atoms with van der Waals surface area (Å²) >= 11 is 6.02. The number of hydroxylamine groups is 1. The van der Waals surface area contributed by atoms with Crippen molar-refractivity contribution in [3.8, 4) is 11.5 Å². The van der Waals surface area contributed by atoms with E-state index in [9.17, 15) is 9.59 Å². The molecule has 2 heterocycles. The van der Waals surface area contributed by atoms with E-state index in [-0.39, 0.29) is 5.91 Å². The molecule has 3 aromatic carbocycles. The molecule has 2 fully saturated rings. The fourth-order valence-corrected chi connectivity index (χ4v) is 4.84. The Hall–Kier alpha value is -3.55. The minimum Gasteiger partial charge on any atom is -0.493 e. The number of amides is 2. The van der Waals surface area contributed by atoms with E-state index in [1.165, 1.54) is 4.90 Å². The third kappa shape index (κ3) is 4.29. The Balaban J connectivity index is 1.54. The number of hydrogen-bond acceptors (Lipinski definition) is 6. The third-order valence-corrected chi connectivity index (χ3v) is 6.75. The Morgan fingerprint density at radius 1 is 0.917 bits per heavy atom. The van der Waals surface area contributed by atoms with E-state index in [0.717, 1.165) is 24.1 Å². The van der Waals surface area contributed by atoms with Crippen molar-refractivity contribution in [2.75, 3.05) is 23.7 Å². The summed E-state index contributed by atoms with van der Waals surface area (Å²) < 4.78 is 11.5. The van der Waals surface area contributed by atoms with Gasteiger partial charge in [0.25, 0.3) is 5.91 Å². The molecule has 3 atom stereocenters. The second-order valence-corrected chi connectivity index (χ2v) is 9.20. The topological polar surface area (TPSA) is 68.3 Å². The van der Waals surface area contributed by atoms with Crippen LogP contribution >= 0.6 is 11.6 Å². The van der Waals surface area contributed by atoms with E-state index in [0.29, 0.717) is 28.8 Å². The maximum atomic E-state index is 13.7. The number of unbranched alkanes of at least 4 members (excludes halogenated alkanes) is 1. The van der Waals surface area contributed by atoms with Gasteiger partial charge in [-0.1, -0.05) is 49.2 Å². The minimum absolute atomic E-state index is 0.321. The first-order valence-corrected chi connectivity index (χ1v) is 12.4. The smallest absolute Gasteiger partial charge is 0.266 e. The Morgan fingerprint density at radius 3 is 2.36 bits per heavy atom. The number of halogens is 1. The Kier molecular flexibility index (Phi) is 6.85. The van der Waals surface area contributed by atoms with Gasteiger partial charge in [-0.25, -0.2) is 9.96 Å². The Morgan fingerprint density at radius 2 is 1.67 bits per heavy atom. The Labute approximate surface area is 215 Å². The predicted molar refractivity (Wildman–Crippen MR) is 137 cm³/mol. The summed E-state index contributed by atoms with van der Waals surface area (Å²) in [6, 6.07) is 21.1. The van der Waals surface area contributed by atoms with Gasteiger partial charge in [-0.3, -0.25) is 14.4 Å². The van der Waals surface area contributed by atoms with Gasteiger partial charge in [-0.2, -0.15) is 0 Å². The van der Waals surface area contributed by atoms with Crippen LogP contribution in [0.25, 0.3) is 0 Å². The van der Waals surface area contributed by atoms with E-state index >= 15 is 0 Å². The number of imide groups is 1. The number of carbonyl (C=O) groups is 2.